The van der Waals surface area contributed by atoms with Crippen molar-refractivity contribution in [3.8, 4) is 5.75 Å². The Labute approximate surface area is 876 Å². The van der Waals surface area contributed by atoms with E-state index in [-0.39, 0.29) is 44.3 Å². The molecule has 14 rings (SSSR count). The number of fused-ring (bicyclic) bond motifs is 6. The fourth-order valence-corrected chi connectivity index (χ4v) is 25.0. The number of ether oxygens (including phenoxy) is 2. The van der Waals surface area contributed by atoms with Crippen LogP contribution >= 0.6 is 131 Å². The number of methoxy groups -OCH3 is 1. The number of oxazole rings is 1. The Morgan fingerprint density at radius 3 is 1.76 bits per heavy atom. The van der Waals surface area contributed by atoms with Gasteiger partial charge in [-0.3, -0.25) is 15.9 Å². The molecular weight excluding hydrogens is 2020 g/mol. The molecular formula is C103H143ClN10O12S13+8. The van der Waals surface area contributed by atoms with Crippen LogP contribution in [0.4, 0.5) is 16.2 Å². The number of hydrogen-bond acceptors (Lipinski definition) is 22. The number of hydrogen-bond donors (Lipinski definition) is 6. The van der Waals surface area contributed by atoms with Crippen molar-refractivity contribution >= 4 is 241 Å². The minimum atomic E-state index is -4.19. The van der Waals surface area contributed by atoms with Gasteiger partial charge in [-0.15, -0.1) is 0 Å². The van der Waals surface area contributed by atoms with E-state index in [1.807, 2.05) is 105 Å². The predicted molar refractivity (Wildman–Crippen MR) is 595 cm³/mol. The number of nitrogens with two attached hydrogens (primary N) is 2. The van der Waals surface area contributed by atoms with Crippen molar-refractivity contribution in [2.75, 3.05) is 90.6 Å². The molecule has 0 saturated carbocycles. The van der Waals surface area contributed by atoms with Crippen LogP contribution in [0.2, 0.25) is 5.02 Å². The Kier molecular flexibility index (Phi) is 50.8. The summed E-state index contributed by atoms with van der Waals surface area (Å²) in [6.07, 6.45) is 16.5. The molecule has 36 heteroatoms. The molecule has 0 fully saturated rings. The standard InChI is InChI=1S/C19H29NO3S2.C15H19ClNO2S2.C15H21NO2S2.C13H16NO2S.C12H13NS.C11H18N3S.C10H11NO3S3.C8H11NS/c1-15-19(2,3)17-14-16(23-4)8-9-18(17)20(15)10-5-6-12-25(21,22)13-7-11-24;1-3-19-15(18)20-9-5-4-8-17-11(2)21-14-7-6-12(16)10-13(14)17;1-11-15(2,3)13-10-12(6-7-14(13)16(11)4)20(17,18)9-5-8-19;1-10-14(8-5-9-17-11(2)15)12-6-3-4-7-13(12)16-10;1-10-6-7-13(8-9-14)12-5-3-2-4-11(10)12;1-10-6-2-3-7-14(10)8-4-5-9-15-11(12)13;1-8-11(6-7-15-17(12,13)14)9-4-2-3-5-10(9)16-8;1-8-2-4-9(5-3-8)6-7-10/h8-9,14H,5-7,10-13H2,1-4H3;6-7,10H,3-5,8-9H2,1-2H3;6-7,10H,5,8-9H2,1-4H3;3-4,6-7H,5,8-9H2,1-2H3;2-7H,8-9H2,1H3;2-3,6-7H,4-5,8-9H2,1H3,(H3,12,13);2-5H,6-7H2,1H3;2-5H,6-7H2,1H3/q;+1;;+1;;+1;;/p+5. The van der Waals surface area contributed by atoms with Crippen LogP contribution in [0.15, 0.2) is 198 Å². The molecule has 0 atom stereocenters. The largest absolute Gasteiger partial charge is 0.739 e. The highest BCUT2D eigenvalue weighted by Gasteiger charge is 2.44. The zero-order valence-corrected chi connectivity index (χ0v) is 94.9. The van der Waals surface area contributed by atoms with Crippen molar-refractivity contribution < 1.29 is 95.2 Å². The maximum absolute atomic E-state index is 12.3. The van der Waals surface area contributed by atoms with Crippen molar-refractivity contribution in [2.45, 2.75) is 210 Å². The summed E-state index contributed by atoms with van der Waals surface area (Å²) < 4.78 is 116. The van der Waals surface area contributed by atoms with E-state index < -0.39 is 28.8 Å². The molecule has 8 heterocycles. The molecule has 0 bridgehead atoms. The fourth-order valence-electron chi connectivity index (χ4n) is 15.6. The molecule has 22 nitrogen and oxygen atoms in total. The smallest absolute Gasteiger partial charge is 0.367 e. The summed E-state index contributed by atoms with van der Waals surface area (Å²) in [6, 6.07) is 54.8. The second-order valence-corrected chi connectivity index (χ2v) is 50.3. The number of benzene rings is 6. The zero-order valence-electron chi connectivity index (χ0n) is 83.2. The summed E-state index contributed by atoms with van der Waals surface area (Å²) in [5.74, 6) is 8.40. The third kappa shape index (κ3) is 37.8. The second kappa shape index (κ2) is 59.4. The van der Waals surface area contributed by atoms with Gasteiger partial charge in [0.2, 0.25) is 43.5 Å². The number of aromatic nitrogens is 6. The van der Waals surface area contributed by atoms with Crippen molar-refractivity contribution in [1.82, 2.24) is 0 Å². The number of nitrogens with zero attached hydrogens (tertiary/aromatic N) is 8. The van der Waals surface area contributed by atoms with Crippen molar-refractivity contribution in [2.24, 2.45) is 5.73 Å². The SMILES string of the molecule is CC(=O)SCCC[n+]1c(C)oc2ccccc21.CC1=[N+](C)c2ccc(S(=O)(=O)CCCS)cc2C1(C)C.CCOC(=O)SCCCC[n+]1c(C)sc2ccc(Cl)cc21.COc1ccc2c(c1)C(C)(C)C(C)=[N+]2CCCCS(=O)(=O)CCCS.Cc1cc[n+](CCS)c2ccccc12.Cc1cc[n+](CCS)cc1.Cc1cccc[n+]1CCCCSC(N)=[NH2+].Cc1sc2ccccc2[n+]1CCSS(=O)(=O)[O-]. The number of para-hydroxylation sites is 4. The first-order chi connectivity index (χ1) is 66.1. The Morgan fingerprint density at radius 2 is 1.11 bits per heavy atom. The molecule has 0 amide bonds. The number of aryl methyl sites for hydroxylation is 12. The van der Waals surface area contributed by atoms with Gasteiger partial charge in [0.25, 0.3) is 10.7 Å². The molecule has 0 spiro atoms. The van der Waals surface area contributed by atoms with Crippen LogP contribution in [0.25, 0.3) is 42.4 Å². The van der Waals surface area contributed by atoms with E-state index in [1.165, 1.54) is 106 Å². The zero-order chi connectivity index (χ0) is 102. The summed E-state index contributed by atoms with van der Waals surface area (Å²) in [7, 11) is -6.17. The van der Waals surface area contributed by atoms with Crippen molar-refractivity contribution in [1.29, 1.82) is 0 Å². The van der Waals surface area contributed by atoms with Crippen LogP contribution in [-0.2, 0) is 88.5 Å². The van der Waals surface area contributed by atoms with Gasteiger partial charge in [-0.2, -0.15) is 73.4 Å². The van der Waals surface area contributed by atoms with Gasteiger partial charge in [0.1, 0.15) is 60.8 Å². The Balaban J connectivity index is 0.000000218. The molecule has 6 aromatic carbocycles. The number of thiazole rings is 2. The summed E-state index contributed by atoms with van der Waals surface area (Å²) in [4.78, 5) is 22.5. The fraction of sp³-hybridized carbons (Fsp3) is 0.447. The first-order valence-corrected chi connectivity index (χ1v) is 60.5. The monoisotopic (exact) mass is 2160 g/mol. The summed E-state index contributed by atoms with van der Waals surface area (Å²) in [5.41, 5.74) is 21.9. The highest BCUT2D eigenvalue weighted by Crippen LogP contribution is 2.43. The van der Waals surface area contributed by atoms with Crippen LogP contribution in [0.5, 0.6) is 5.75 Å². The molecule has 0 radical (unpaired) electrons. The number of pyridine rings is 3. The maximum atomic E-state index is 12.3. The van der Waals surface area contributed by atoms with Crippen LogP contribution in [0, 0.1) is 41.5 Å². The molecule has 6 aromatic heterocycles. The number of sulfone groups is 2. The minimum absolute atomic E-state index is 0.0392. The molecule has 0 aliphatic carbocycles. The number of unbranched alkanes of at least 4 members (excludes halogenated alkanes) is 3. The lowest BCUT2D eigenvalue weighted by Gasteiger charge is -2.15. The highest BCUT2D eigenvalue weighted by molar-refractivity contribution is 8.69. The lowest BCUT2D eigenvalue weighted by atomic mass is 9.82. The summed E-state index contributed by atoms with van der Waals surface area (Å²) in [6.45, 7) is 35.5. The first kappa shape index (κ1) is 119. The molecule has 4 N–H and O–H groups in total. The normalized spacial score (nSPS) is 12.8. The molecule has 2 aliphatic rings. The quantitative estimate of drug-likeness (QED) is 0.00311. The van der Waals surface area contributed by atoms with Gasteiger partial charge in [-0.25, -0.2) is 43.8 Å². The number of amidine groups is 1. The van der Waals surface area contributed by atoms with E-state index in [1.54, 1.807) is 42.8 Å². The summed E-state index contributed by atoms with van der Waals surface area (Å²) in [5, 5.41) is 10.3. The molecule has 2 aliphatic heterocycles. The molecule has 0 unspecified atom stereocenters. The van der Waals surface area contributed by atoms with E-state index in [9.17, 15) is 39.4 Å². The van der Waals surface area contributed by atoms with Crippen LogP contribution in [0.3, 0.4) is 0 Å². The van der Waals surface area contributed by atoms with Crippen molar-refractivity contribution in [3.05, 3.63) is 237 Å². The highest BCUT2D eigenvalue weighted by atomic mass is 35.5. The molecule has 139 heavy (non-hydrogen) atoms. The predicted octanol–water partition coefficient (Wildman–Crippen LogP) is 19.1. The first-order valence-electron chi connectivity index (χ1n) is 46.6. The lowest BCUT2D eigenvalue weighted by molar-refractivity contribution is -0.703. The maximum Gasteiger partial charge on any atom is 0.367 e. The van der Waals surface area contributed by atoms with Crippen LogP contribution < -0.4 is 43.3 Å². The molecule has 0 saturated heterocycles. The number of thioether (sulfide) groups is 3. The third-order valence-electron chi connectivity index (χ3n) is 23.7. The molecule has 754 valence electrons. The summed E-state index contributed by atoms with van der Waals surface area (Å²) >= 11 is 30.3. The number of rotatable bonds is 36. The third-order valence-corrected chi connectivity index (χ3v) is 35.3. The van der Waals surface area contributed by atoms with Crippen LogP contribution in [0.1, 0.15) is 157 Å². The Hall–Kier alpha value is -7.07. The van der Waals surface area contributed by atoms with Gasteiger partial charge in [0.15, 0.2) is 83.0 Å². The van der Waals surface area contributed by atoms with E-state index in [4.69, 9.17) is 36.6 Å². The van der Waals surface area contributed by atoms with E-state index >= 15 is 0 Å². The number of halogens is 1. The van der Waals surface area contributed by atoms with Gasteiger partial charge < -0.3 is 18.4 Å². The van der Waals surface area contributed by atoms with Gasteiger partial charge in [0, 0.05) is 184 Å². The van der Waals surface area contributed by atoms with Gasteiger partial charge in [-0.05, 0) is 192 Å². The topological polar surface area (TPSA) is 272 Å². The van der Waals surface area contributed by atoms with Gasteiger partial charge in [-0.1, -0.05) is 88.5 Å². The van der Waals surface area contributed by atoms with Crippen molar-refractivity contribution in [3.63, 3.8) is 0 Å². The molecule has 12 aromatic rings. The number of carbonyl (C=O) groups is 2. The lowest BCUT2D eigenvalue weighted by Crippen LogP contribution is -2.43. The Morgan fingerprint density at radius 1 is 0.532 bits per heavy atom. The van der Waals surface area contributed by atoms with E-state index in [2.05, 4.69) is 261 Å². The Bertz CT molecular complexity index is 6470. The minimum Gasteiger partial charge on any atom is -0.739 e. The van der Waals surface area contributed by atoms with E-state index in [0.29, 0.717) is 64.8 Å². The average Bonchev–Trinajstić information content (AvgIpc) is 1.60. The van der Waals surface area contributed by atoms with Crippen LogP contribution in [-0.4, -0.2) is 157 Å². The van der Waals surface area contributed by atoms with Gasteiger partial charge >= 0.3 is 11.2 Å². The average molecular weight is 2170 g/mol. The van der Waals surface area contributed by atoms with Gasteiger partial charge in [0.05, 0.1) is 59.4 Å². The van der Waals surface area contributed by atoms with E-state index in [0.717, 1.165) is 156 Å². The number of carbonyl (C=O) groups excluding carboxylic acids is 2. The number of thiol groups is 4. The second-order valence-electron chi connectivity index (χ2n) is 34.3.